The van der Waals surface area contributed by atoms with Crippen LogP contribution in [-0.2, 0) is 4.74 Å². The van der Waals surface area contributed by atoms with Crippen molar-refractivity contribution in [2.24, 2.45) is 0 Å². The van der Waals surface area contributed by atoms with Crippen molar-refractivity contribution >= 4 is 5.91 Å². The molecule has 0 atom stereocenters. The lowest BCUT2D eigenvalue weighted by molar-refractivity contribution is 0.0228. The van der Waals surface area contributed by atoms with Gasteiger partial charge < -0.3 is 15.0 Å². The first-order chi connectivity index (χ1) is 7.46. The van der Waals surface area contributed by atoms with Gasteiger partial charge in [-0.15, -0.1) is 0 Å². The molecule has 88 valence electrons. The van der Waals surface area contributed by atoms with Crippen molar-refractivity contribution in [1.29, 1.82) is 0 Å². The number of methoxy groups -OCH3 is 1. The number of hydrogen-bond acceptors (Lipinski definition) is 3. The summed E-state index contributed by atoms with van der Waals surface area (Å²) in [5.41, 5.74) is -0.641. The highest BCUT2D eigenvalue weighted by Gasteiger charge is 2.18. The molecule has 0 aromatic carbocycles. The van der Waals surface area contributed by atoms with Crippen molar-refractivity contribution in [3.63, 3.8) is 0 Å². The second-order valence-corrected chi connectivity index (χ2v) is 4.07. The Morgan fingerprint density at radius 2 is 2.25 bits per heavy atom. The molecular formula is C11H16N2O3. The molecule has 2 N–H and O–H groups in total. The third kappa shape index (κ3) is 3.20. The Kier molecular flexibility index (Phi) is 3.84. The SMILES string of the molecule is COC(C)(C)CNC(=O)c1c[nH]ccc1=O. The molecule has 1 aromatic rings. The van der Waals surface area contributed by atoms with E-state index < -0.39 is 11.5 Å². The third-order valence-corrected chi connectivity index (χ3v) is 2.30. The molecule has 16 heavy (non-hydrogen) atoms. The summed E-state index contributed by atoms with van der Waals surface area (Å²) < 4.78 is 5.15. The van der Waals surface area contributed by atoms with Crippen molar-refractivity contribution in [3.8, 4) is 0 Å². The van der Waals surface area contributed by atoms with Crippen molar-refractivity contribution < 1.29 is 9.53 Å². The Morgan fingerprint density at radius 3 is 2.81 bits per heavy atom. The first-order valence-corrected chi connectivity index (χ1v) is 4.97. The maximum atomic E-state index is 11.6. The molecule has 1 rings (SSSR count). The highest BCUT2D eigenvalue weighted by atomic mass is 16.5. The summed E-state index contributed by atoms with van der Waals surface area (Å²) in [6, 6.07) is 1.32. The number of amides is 1. The molecule has 0 spiro atoms. The fraction of sp³-hybridized carbons (Fsp3) is 0.455. The van der Waals surface area contributed by atoms with E-state index in [0.29, 0.717) is 6.54 Å². The lowest BCUT2D eigenvalue weighted by Gasteiger charge is -2.22. The number of rotatable bonds is 4. The molecule has 5 nitrogen and oxygen atoms in total. The zero-order valence-electron chi connectivity index (χ0n) is 9.66. The van der Waals surface area contributed by atoms with Crippen LogP contribution in [0.5, 0.6) is 0 Å². The molecule has 1 heterocycles. The summed E-state index contributed by atoms with van der Waals surface area (Å²) in [6.07, 6.45) is 2.87. The van der Waals surface area contributed by atoms with E-state index in [1.165, 1.54) is 18.5 Å². The van der Waals surface area contributed by atoms with Gasteiger partial charge in [0.15, 0.2) is 5.43 Å². The van der Waals surface area contributed by atoms with E-state index in [2.05, 4.69) is 10.3 Å². The summed E-state index contributed by atoms with van der Waals surface area (Å²) in [7, 11) is 1.57. The van der Waals surface area contributed by atoms with Crippen molar-refractivity contribution in [2.75, 3.05) is 13.7 Å². The standard InChI is InChI=1S/C11H16N2O3/c1-11(2,16-3)7-13-10(15)8-6-12-5-4-9(8)14/h4-6H,7H2,1-3H3,(H,12,14)(H,13,15). The van der Waals surface area contributed by atoms with Gasteiger partial charge >= 0.3 is 0 Å². The summed E-state index contributed by atoms with van der Waals surface area (Å²) in [6.45, 7) is 4.04. The monoisotopic (exact) mass is 224 g/mol. The fourth-order valence-corrected chi connectivity index (χ4v) is 1.05. The Bertz CT molecular complexity index is 423. The maximum absolute atomic E-state index is 11.6. The van der Waals surface area contributed by atoms with Gasteiger partial charge in [0.25, 0.3) is 5.91 Å². The Labute approximate surface area is 93.8 Å². The van der Waals surface area contributed by atoms with E-state index in [0.717, 1.165) is 0 Å². The van der Waals surface area contributed by atoms with Crippen molar-refractivity contribution in [3.05, 3.63) is 34.2 Å². The lowest BCUT2D eigenvalue weighted by atomic mass is 10.1. The molecule has 0 bridgehead atoms. The first-order valence-electron chi connectivity index (χ1n) is 4.97. The number of carbonyl (C=O) groups is 1. The minimum atomic E-state index is -0.447. The van der Waals surface area contributed by atoms with Crippen LogP contribution in [0.25, 0.3) is 0 Å². The molecule has 1 aromatic heterocycles. The second kappa shape index (κ2) is 4.94. The average molecular weight is 224 g/mol. The van der Waals surface area contributed by atoms with Gasteiger partial charge in [0, 0.05) is 32.1 Å². The average Bonchev–Trinajstić information content (AvgIpc) is 2.27. The van der Waals surface area contributed by atoms with E-state index in [4.69, 9.17) is 4.74 Å². The zero-order chi connectivity index (χ0) is 12.2. The van der Waals surface area contributed by atoms with Gasteiger partial charge in [0.1, 0.15) is 5.56 Å². The van der Waals surface area contributed by atoms with Crippen LogP contribution in [0.3, 0.4) is 0 Å². The number of aromatic amines is 1. The molecule has 5 heteroatoms. The summed E-state index contributed by atoms with van der Waals surface area (Å²) in [5.74, 6) is -0.396. The van der Waals surface area contributed by atoms with Crippen LogP contribution >= 0.6 is 0 Å². The molecule has 0 unspecified atom stereocenters. The normalized spacial score (nSPS) is 11.2. The number of carbonyl (C=O) groups excluding carboxylic acids is 1. The van der Waals surface area contributed by atoms with Crippen LogP contribution in [0.15, 0.2) is 23.3 Å². The van der Waals surface area contributed by atoms with Crippen LogP contribution in [0.2, 0.25) is 0 Å². The number of hydrogen-bond donors (Lipinski definition) is 2. The third-order valence-electron chi connectivity index (χ3n) is 2.30. The van der Waals surface area contributed by atoms with Crippen molar-refractivity contribution in [2.45, 2.75) is 19.4 Å². The van der Waals surface area contributed by atoms with E-state index in [9.17, 15) is 9.59 Å². The molecule has 0 saturated carbocycles. The van der Waals surface area contributed by atoms with Gasteiger partial charge in [-0.1, -0.05) is 0 Å². The molecular weight excluding hydrogens is 208 g/mol. The predicted molar refractivity (Wildman–Crippen MR) is 60.5 cm³/mol. The van der Waals surface area contributed by atoms with Gasteiger partial charge in [-0.05, 0) is 13.8 Å². The highest BCUT2D eigenvalue weighted by Crippen LogP contribution is 2.04. The Balaban J connectivity index is 2.68. The Morgan fingerprint density at radius 1 is 1.56 bits per heavy atom. The molecule has 0 fully saturated rings. The molecule has 0 radical (unpaired) electrons. The topological polar surface area (TPSA) is 71.2 Å². The Hall–Kier alpha value is -1.62. The summed E-state index contributed by atoms with van der Waals surface area (Å²) >= 11 is 0. The van der Waals surface area contributed by atoms with E-state index in [-0.39, 0.29) is 11.0 Å². The van der Waals surface area contributed by atoms with E-state index >= 15 is 0 Å². The van der Waals surface area contributed by atoms with Gasteiger partial charge in [-0.3, -0.25) is 9.59 Å². The number of aromatic nitrogens is 1. The van der Waals surface area contributed by atoms with E-state index in [1.807, 2.05) is 13.8 Å². The maximum Gasteiger partial charge on any atom is 0.256 e. The summed E-state index contributed by atoms with van der Waals surface area (Å²) in [5, 5.41) is 2.65. The second-order valence-electron chi connectivity index (χ2n) is 4.07. The number of H-pyrrole nitrogens is 1. The lowest BCUT2D eigenvalue weighted by Crippen LogP contribution is -2.40. The van der Waals surface area contributed by atoms with Gasteiger partial charge in [0.2, 0.25) is 0 Å². The van der Waals surface area contributed by atoms with Crippen LogP contribution in [0.1, 0.15) is 24.2 Å². The number of pyridine rings is 1. The van der Waals surface area contributed by atoms with Crippen LogP contribution < -0.4 is 10.7 Å². The minimum Gasteiger partial charge on any atom is -0.377 e. The van der Waals surface area contributed by atoms with Crippen LogP contribution in [-0.4, -0.2) is 30.1 Å². The van der Waals surface area contributed by atoms with Gasteiger partial charge in [-0.2, -0.15) is 0 Å². The fourth-order valence-electron chi connectivity index (χ4n) is 1.05. The van der Waals surface area contributed by atoms with Crippen LogP contribution in [0, 0.1) is 0 Å². The molecule has 1 amide bonds. The zero-order valence-corrected chi connectivity index (χ0v) is 9.66. The smallest absolute Gasteiger partial charge is 0.256 e. The highest BCUT2D eigenvalue weighted by molar-refractivity contribution is 5.93. The quantitative estimate of drug-likeness (QED) is 0.783. The number of nitrogens with one attached hydrogen (secondary N) is 2. The molecule has 0 saturated heterocycles. The van der Waals surface area contributed by atoms with Gasteiger partial charge in [0.05, 0.1) is 5.60 Å². The molecule has 0 aliphatic heterocycles. The number of ether oxygens (including phenoxy) is 1. The summed E-state index contributed by atoms with van der Waals surface area (Å²) in [4.78, 5) is 25.7. The van der Waals surface area contributed by atoms with E-state index in [1.54, 1.807) is 7.11 Å². The van der Waals surface area contributed by atoms with Crippen LogP contribution in [0.4, 0.5) is 0 Å². The predicted octanol–water partition coefficient (Wildman–Crippen LogP) is 0.530. The largest absolute Gasteiger partial charge is 0.377 e. The van der Waals surface area contributed by atoms with Gasteiger partial charge in [-0.25, -0.2) is 0 Å². The molecule has 0 aliphatic carbocycles. The van der Waals surface area contributed by atoms with Crippen molar-refractivity contribution in [1.82, 2.24) is 10.3 Å². The molecule has 0 aliphatic rings. The minimum absolute atomic E-state index is 0.106. The first kappa shape index (κ1) is 12.4.